The molecule has 0 N–H and O–H groups in total. The van der Waals surface area contributed by atoms with Crippen LogP contribution in [0.5, 0.6) is 0 Å². The normalized spacial score (nSPS) is 21.2. The van der Waals surface area contributed by atoms with Crippen LogP contribution in [0.4, 0.5) is 0 Å². The zero-order chi connectivity index (χ0) is 16.7. The van der Waals surface area contributed by atoms with Crippen LogP contribution in [-0.4, -0.2) is 25.0 Å². The summed E-state index contributed by atoms with van der Waals surface area (Å²) in [5, 5.41) is 5.37. The number of carbonyl (C=O) groups excluding carboxylic acids is 1. The lowest BCUT2D eigenvalue weighted by molar-refractivity contribution is -0.111. The van der Waals surface area contributed by atoms with Gasteiger partial charge in [0.1, 0.15) is 11.9 Å². The third-order valence-corrected chi connectivity index (χ3v) is 5.40. The topological polar surface area (TPSA) is 52.7 Å². The molecule has 3 aromatic heterocycles. The molecule has 0 aliphatic heterocycles. The van der Waals surface area contributed by atoms with Crippen LogP contribution < -0.4 is 0 Å². The zero-order valence-corrected chi connectivity index (χ0v) is 14.5. The second-order valence-corrected chi connectivity index (χ2v) is 7.11. The lowest BCUT2D eigenvalue weighted by atomic mass is 9.79. The Balaban J connectivity index is 1.73. The van der Waals surface area contributed by atoms with Crippen LogP contribution in [0.1, 0.15) is 37.2 Å². The Kier molecular flexibility index (Phi) is 3.92. The maximum Gasteiger partial charge on any atom is 0.150 e. The summed E-state index contributed by atoms with van der Waals surface area (Å²) >= 11 is 4.50. The molecule has 5 nitrogen and oxygen atoms in total. The van der Waals surface area contributed by atoms with Crippen LogP contribution in [-0.2, 0) is 11.8 Å². The number of rotatable bonds is 3. The first-order valence-corrected chi connectivity index (χ1v) is 8.70. The molecule has 1 aliphatic carbocycles. The van der Waals surface area contributed by atoms with Gasteiger partial charge in [0.15, 0.2) is 0 Å². The molecule has 24 heavy (non-hydrogen) atoms. The van der Waals surface area contributed by atoms with Crippen molar-refractivity contribution in [3.8, 4) is 11.1 Å². The monoisotopic (exact) mass is 340 g/mol. The smallest absolute Gasteiger partial charge is 0.150 e. The quantitative estimate of drug-likeness (QED) is 0.585. The van der Waals surface area contributed by atoms with Gasteiger partial charge < -0.3 is 4.79 Å². The first-order valence-electron chi connectivity index (χ1n) is 8.30. The molecule has 0 bridgehead atoms. The maximum atomic E-state index is 11.0. The van der Waals surface area contributed by atoms with Gasteiger partial charge in [0.2, 0.25) is 0 Å². The van der Waals surface area contributed by atoms with Crippen molar-refractivity contribution in [1.29, 1.82) is 0 Å². The minimum atomic E-state index is 0.238. The van der Waals surface area contributed by atoms with E-state index >= 15 is 0 Å². The van der Waals surface area contributed by atoms with Gasteiger partial charge in [-0.05, 0) is 43.2 Å². The second-order valence-electron chi connectivity index (χ2n) is 6.68. The van der Waals surface area contributed by atoms with E-state index in [1.165, 1.54) is 5.56 Å². The Labute approximate surface area is 146 Å². The van der Waals surface area contributed by atoms with Crippen molar-refractivity contribution in [2.24, 2.45) is 13.0 Å². The van der Waals surface area contributed by atoms with Crippen molar-refractivity contribution in [1.82, 2.24) is 18.7 Å². The van der Waals surface area contributed by atoms with Gasteiger partial charge in [-0.25, -0.2) is 4.98 Å². The van der Waals surface area contributed by atoms with Gasteiger partial charge >= 0.3 is 0 Å². The number of aromatic nitrogens is 4. The van der Waals surface area contributed by atoms with Crippen LogP contribution in [0.15, 0.2) is 30.9 Å². The summed E-state index contributed by atoms with van der Waals surface area (Å²) in [6.07, 6.45) is 13.0. The van der Waals surface area contributed by atoms with Crippen LogP contribution in [0, 0.1) is 5.92 Å². The molecule has 0 saturated heterocycles. The number of thiol groups is 1. The highest BCUT2D eigenvalue weighted by Gasteiger charge is 2.23. The van der Waals surface area contributed by atoms with Crippen molar-refractivity contribution in [3.63, 3.8) is 0 Å². The minimum Gasteiger partial charge on any atom is -0.303 e. The fourth-order valence-corrected chi connectivity index (χ4v) is 3.98. The average Bonchev–Trinajstić information content (AvgIpc) is 3.18. The highest BCUT2D eigenvalue weighted by Crippen LogP contribution is 2.37. The molecule has 1 fully saturated rings. The van der Waals surface area contributed by atoms with Gasteiger partial charge in [0.25, 0.3) is 0 Å². The Morgan fingerprint density at radius 1 is 1.21 bits per heavy atom. The van der Waals surface area contributed by atoms with Crippen LogP contribution in [0.25, 0.3) is 22.2 Å². The van der Waals surface area contributed by atoms with E-state index in [0.29, 0.717) is 5.92 Å². The van der Waals surface area contributed by atoms with Crippen LogP contribution in [0.2, 0.25) is 0 Å². The van der Waals surface area contributed by atoms with E-state index in [0.717, 1.165) is 54.1 Å². The minimum absolute atomic E-state index is 0.238. The molecular formula is C18H20N4OS. The van der Waals surface area contributed by atoms with E-state index in [-0.39, 0.29) is 5.92 Å². The van der Waals surface area contributed by atoms with Gasteiger partial charge in [-0.15, -0.1) is 0 Å². The van der Waals surface area contributed by atoms with Gasteiger partial charge in [-0.2, -0.15) is 5.10 Å². The second kappa shape index (κ2) is 6.09. The Bertz CT molecular complexity index is 890. The molecule has 1 aliphatic rings. The summed E-state index contributed by atoms with van der Waals surface area (Å²) in [5.41, 5.74) is 4.29. The molecule has 0 unspecified atom stereocenters. The van der Waals surface area contributed by atoms with Crippen molar-refractivity contribution >= 4 is 30.1 Å². The average molecular weight is 340 g/mol. The molecule has 3 aromatic rings. The fourth-order valence-electron chi connectivity index (χ4n) is 3.71. The number of fused-ring (bicyclic) bond motifs is 1. The molecule has 0 amide bonds. The predicted molar refractivity (Wildman–Crippen MR) is 97.1 cm³/mol. The lowest BCUT2D eigenvalue weighted by Gasteiger charge is -2.25. The van der Waals surface area contributed by atoms with Crippen LogP contribution >= 0.6 is 12.8 Å². The van der Waals surface area contributed by atoms with E-state index in [1.54, 1.807) is 8.65 Å². The fraction of sp³-hybridized carbons (Fsp3) is 0.389. The summed E-state index contributed by atoms with van der Waals surface area (Å²) in [5.74, 6) is 0.727. The third-order valence-electron chi connectivity index (χ3n) is 5.10. The standard InChI is InChI=1S/C18H20N4OS/c1-21-9-15(8-20-21)17-10-22(24)18-16(17)6-14(7-19-18)13-4-2-12(11-23)3-5-13/h6-13,24H,2-5H2,1H3. The van der Waals surface area contributed by atoms with Gasteiger partial charge in [0.05, 0.1) is 6.20 Å². The van der Waals surface area contributed by atoms with Crippen molar-refractivity contribution in [2.45, 2.75) is 31.6 Å². The number of carbonyl (C=O) groups is 1. The molecular weight excluding hydrogens is 320 g/mol. The Morgan fingerprint density at radius 2 is 2.00 bits per heavy atom. The van der Waals surface area contributed by atoms with E-state index in [4.69, 9.17) is 0 Å². The summed E-state index contributed by atoms with van der Waals surface area (Å²) in [7, 11) is 1.92. The highest BCUT2D eigenvalue weighted by atomic mass is 32.1. The summed E-state index contributed by atoms with van der Waals surface area (Å²) in [6, 6.07) is 2.24. The van der Waals surface area contributed by atoms with E-state index < -0.39 is 0 Å². The van der Waals surface area contributed by atoms with Gasteiger partial charge in [0, 0.05) is 48.1 Å². The van der Waals surface area contributed by atoms with Crippen LogP contribution in [0.3, 0.4) is 0 Å². The molecule has 6 heteroatoms. The third kappa shape index (κ3) is 2.65. The first kappa shape index (κ1) is 15.4. The molecule has 4 rings (SSSR count). The number of nitrogens with zero attached hydrogens (tertiary/aromatic N) is 4. The predicted octanol–water partition coefficient (Wildman–Crippen LogP) is 3.60. The van der Waals surface area contributed by atoms with Crippen molar-refractivity contribution in [2.75, 3.05) is 0 Å². The zero-order valence-electron chi connectivity index (χ0n) is 13.6. The number of pyridine rings is 1. The van der Waals surface area contributed by atoms with E-state index in [9.17, 15) is 4.79 Å². The SMILES string of the molecule is Cn1cc(-c2cn(S)c3ncc(C4CCC(C=O)CC4)cc23)cn1. The van der Waals surface area contributed by atoms with E-state index in [1.807, 2.05) is 31.8 Å². The highest BCUT2D eigenvalue weighted by molar-refractivity contribution is 7.78. The maximum absolute atomic E-state index is 11.0. The number of aryl methyl sites for hydroxylation is 1. The molecule has 0 aromatic carbocycles. The number of hydrogen-bond donors (Lipinski definition) is 1. The molecule has 0 spiro atoms. The first-order chi connectivity index (χ1) is 11.7. The largest absolute Gasteiger partial charge is 0.303 e. The molecule has 0 atom stereocenters. The Morgan fingerprint density at radius 3 is 2.67 bits per heavy atom. The molecule has 1 saturated carbocycles. The lowest BCUT2D eigenvalue weighted by Crippen LogP contribution is -2.14. The Hall–Kier alpha value is -2.08. The summed E-state index contributed by atoms with van der Waals surface area (Å²) in [4.78, 5) is 15.6. The molecule has 0 radical (unpaired) electrons. The molecule has 124 valence electrons. The van der Waals surface area contributed by atoms with Crippen molar-refractivity contribution in [3.05, 3.63) is 36.4 Å². The van der Waals surface area contributed by atoms with Crippen molar-refractivity contribution < 1.29 is 4.79 Å². The van der Waals surface area contributed by atoms with E-state index in [2.05, 4.69) is 29.0 Å². The summed E-state index contributed by atoms with van der Waals surface area (Å²) < 4.78 is 3.57. The number of hydrogen-bond acceptors (Lipinski definition) is 4. The summed E-state index contributed by atoms with van der Waals surface area (Å²) in [6.45, 7) is 0. The number of aldehydes is 1. The van der Waals surface area contributed by atoms with Gasteiger partial charge in [-0.1, -0.05) is 12.8 Å². The molecule has 3 heterocycles. The van der Waals surface area contributed by atoms with Gasteiger partial charge in [-0.3, -0.25) is 8.65 Å².